The number of phenolic OH excluding ortho intramolecular Hbond substituents is 1. The Morgan fingerprint density at radius 1 is 1.45 bits per heavy atom. The fourth-order valence-corrected chi connectivity index (χ4v) is 2.81. The summed E-state index contributed by atoms with van der Waals surface area (Å²) in [5.74, 6) is -0.879. The molecule has 0 spiro atoms. The lowest BCUT2D eigenvalue weighted by Gasteiger charge is -2.30. The second-order valence-corrected chi connectivity index (χ2v) is 5.75. The van der Waals surface area contributed by atoms with Crippen LogP contribution in [0.25, 0.3) is 0 Å². The number of likely N-dealkylation sites (tertiary alicyclic amines) is 1. The van der Waals surface area contributed by atoms with Gasteiger partial charge < -0.3 is 5.11 Å². The molecular formula is C14H17F3N2O3. The average molecular weight is 318 g/mol. The number of halogens is 3. The van der Waals surface area contributed by atoms with Crippen molar-refractivity contribution in [3.63, 3.8) is 0 Å². The maximum Gasteiger partial charge on any atom is 0.420 e. The van der Waals surface area contributed by atoms with E-state index in [1.54, 1.807) is 0 Å². The SMILES string of the molecule is C[C@@H]1CCCN(Cc2cc([N+](=O)[O-])c(O)c(C(F)(F)F)c2)C1. The molecule has 1 fully saturated rings. The molecular weight excluding hydrogens is 301 g/mol. The van der Waals surface area contributed by atoms with Crippen LogP contribution in [0.5, 0.6) is 5.75 Å². The van der Waals surface area contributed by atoms with E-state index in [1.807, 2.05) is 4.90 Å². The van der Waals surface area contributed by atoms with Crippen LogP contribution in [0.3, 0.4) is 0 Å². The molecule has 0 amide bonds. The van der Waals surface area contributed by atoms with Crippen LogP contribution in [0, 0.1) is 16.0 Å². The van der Waals surface area contributed by atoms with Gasteiger partial charge in [0.05, 0.1) is 4.92 Å². The van der Waals surface area contributed by atoms with Gasteiger partial charge in [0.25, 0.3) is 0 Å². The molecule has 0 bridgehead atoms. The first-order valence-corrected chi connectivity index (χ1v) is 6.98. The topological polar surface area (TPSA) is 66.6 Å². The second-order valence-electron chi connectivity index (χ2n) is 5.75. The van der Waals surface area contributed by atoms with Crippen LogP contribution in [0.1, 0.15) is 30.9 Å². The highest BCUT2D eigenvalue weighted by Crippen LogP contribution is 2.41. The number of benzene rings is 1. The van der Waals surface area contributed by atoms with E-state index < -0.39 is 28.1 Å². The lowest BCUT2D eigenvalue weighted by molar-refractivity contribution is -0.386. The molecule has 2 rings (SSSR count). The summed E-state index contributed by atoms with van der Waals surface area (Å²) < 4.78 is 38.7. The van der Waals surface area contributed by atoms with Crippen molar-refractivity contribution in [3.8, 4) is 5.75 Å². The predicted octanol–water partition coefficient (Wildman–Crippen LogP) is 3.55. The molecule has 1 heterocycles. The van der Waals surface area contributed by atoms with Crippen LogP contribution in [-0.2, 0) is 12.7 Å². The molecule has 1 aromatic rings. The predicted molar refractivity (Wildman–Crippen MR) is 73.4 cm³/mol. The van der Waals surface area contributed by atoms with Crippen molar-refractivity contribution in [2.45, 2.75) is 32.5 Å². The van der Waals surface area contributed by atoms with Crippen LogP contribution in [0.15, 0.2) is 12.1 Å². The molecule has 0 unspecified atom stereocenters. The van der Waals surface area contributed by atoms with Crippen molar-refractivity contribution in [3.05, 3.63) is 33.4 Å². The van der Waals surface area contributed by atoms with Crippen LogP contribution in [0.4, 0.5) is 18.9 Å². The second kappa shape index (κ2) is 6.12. The Kier molecular flexibility index (Phi) is 4.60. The molecule has 1 atom stereocenters. The normalized spacial score (nSPS) is 20.1. The lowest BCUT2D eigenvalue weighted by Crippen LogP contribution is -2.33. The number of aromatic hydroxyl groups is 1. The third-order valence-corrected chi connectivity index (χ3v) is 3.80. The Morgan fingerprint density at radius 3 is 2.68 bits per heavy atom. The number of nitrogens with zero attached hydrogens (tertiary/aromatic N) is 2. The van der Waals surface area contributed by atoms with Gasteiger partial charge >= 0.3 is 11.9 Å². The fraction of sp³-hybridized carbons (Fsp3) is 0.571. The number of hydrogen-bond acceptors (Lipinski definition) is 4. The van der Waals surface area contributed by atoms with Crippen molar-refractivity contribution in [2.75, 3.05) is 13.1 Å². The van der Waals surface area contributed by atoms with Gasteiger partial charge in [0.15, 0.2) is 0 Å². The van der Waals surface area contributed by atoms with Gasteiger partial charge in [0.1, 0.15) is 5.56 Å². The van der Waals surface area contributed by atoms with E-state index in [1.165, 1.54) is 0 Å². The summed E-state index contributed by atoms with van der Waals surface area (Å²) in [6.07, 6.45) is -2.81. The zero-order valence-electron chi connectivity index (χ0n) is 12.1. The molecule has 1 saturated heterocycles. The Hall–Kier alpha value is -1.83. The minimum Gasteiger partial charge on any atom is -0.502 e. The van der Waals surface area contributed by atoms with Gasteiger partial charge in [-0.05, 0) is 36.9 Å². The molecule has 1 aliphatic rings. The molecule has 1 aliphatic heterocycles. The third-order valence-electron chi connectivity index (χ3n) is 3.80. The van der Waals surface area contributed by atoms with E-state index in [0.717, 1.165) is 38.1 Å². The molecule has 5 nitrogen and oxygen atoms in total. The maximum absolute atomic E-state index is 12.9. The van der Waals surface area contributed by atoms with Gasteiger partial charge in [-0.25, -0.2) is 0 Å². The largest absolute Gasteiger partial charge is 0.502 e. The molecule has 22 heavy (non-hydrogen) atoms. The molecule has 1 N–H and O–H groups in total. The summed E-state index contributed by atoms with van der Waals surface area (Å²) in [6.45, 7) is 3.76. The Labute approximate surface area is 125 Å². The first-order chi connectivity index (χ1) is 10.2. The number of nitro groups is 1. The van der Waals surface area contributed by atoms with Gasteiger partial charge in [-0.1, -0.05) is 6.92 Å². The number of rotatable bonds is 3. The van der Waals surface area contributed by atoms with Crippen LogP contribution >= 0.6 is 0 Å². The molecule has 0 aliphatic carbocycles. The van der Waals surface area contributed by atoms with Crippen molar-refractivity contribution in [2.24, 2.45) is 5.92 Å². The first kappa shape index (κ1) is 16.5. The molecule has 0 radical (unpaired) electrons. The molecule has 122 valence electrons. The van der Waals surface area contributed by atoms with E-state index in [9.17, 15) is 28.4 Å². The van der Waals surface area contributed by atoms with E-state index in [4.69, 9.17) is 0 Å². The highest BCUT2D eigenvalue weighted by atomic mass is 19.4. The van der Waals surface area contributed by atoms with E-state index in [2.05, 4.69) is 6.92 Å². The van der Waals surface area contributed by atoms with Crippen LogP contribution in [0.2, 0.25) is 0 Å². The number of hydrogen-bond donors (Lipinski definition) is 1. The third kappa shape index (κ3) is 3.68. The van der Waals surface area contributed by atoms with Gasteiger partial charge in [0.2, 0.25) is 5.75 Å². The van der Waals surface area contributed by atoms with Crippen LogP contribution < -0.4 is 0 Å². The minimum absolute atomic E-state index is 0.186. The van der Waals surface area contributed by atoms with E-state index in [0.29, 0.717) is 5.92 Å². The summed E-state index contributed by atoms with van der Waals surface area (Å²) in [5, 5.41) is 20.4. The summed E-state index contributed by atoms with van der Waals surface area (Å²) in [6, 6.07) is 1.81. The van der Waals surface area contributed by atoms with Crippen LogP contribution in [-0.4, -0.2) is 28.0 Å². The van der Waals surface area contributed by atoms with Crippen molar-refractivity contribution in [1.82, 2.24) is 4.90 Å². The smallest absolute Gasteiger partial charge is 0.420 e. The fourth-order valence-electron chi connectivity index (χ4n) is 2.81. The molecule has 0 aromatic heterocycles. The van der Waals surface area contributed by atoms with Crippen molar-refractivity contribution in [1.29, 1.82) is 0 Å². The summed E-state index contributed by atoms with van der Waals surface area (Å²) in [5.41, 5.74) is -2.08. The summed E-state index contributed by atoms with van der Waals surface area (Å²) in [4.78, 5) is 11.8. The van der Waals surface area contributed by atoms with Gasteiger partial charge in [-0.3, -0.25) is 15.0 Å². The average Bonchev–Trinajstić information content (AvgIpc) is 2.39. The zero-order valence-corrected chi connectivity index (χ0v) is 12.1. The standard InChI is InChI=1S/C14H17F3N2O3/c1-9-3-2-4-18(7-9)8-10-5-11(14(15,16)17)13(20)12(6-10)19(21)22/h5-6,9,20H,2-4,7-8H2,1H3/t9-/m1/s1. The Balaban J connectivity index is 2.35. The first-order valence-electron chi connectivity index (χ1n) is 6.98. The number of nitro benzene ring substituents is 1. The number of alkyl halides is 3. The molecule has 1 aromatic carbocycles. The molecule has 8 heteroatoms. The lowest BCUT2D eigenvalue weighted by atomic mass is 9.99. The quantitative estimate of drug-likeness (QED) is 0.683. The summed E-state index contributed by atoms with van der Waals surface area (Å²) >= 11 is 0. The van der Waals surface area contributed by atoms with Gasteiger partial charge in [-0.2, -0.15) is 13.2 Å². The molecule has 0 saturated carbocycles. The monoisotopic (exact) mass is 318 g/mol. The van der Waals surface area contributed by atoms with E-state index in [-0.39, 0.29) is 12.1 Å². The van der Waals surface area contributed by atoms with E-state index >= 15 is 0 Å². The van der Waals surface area contributed by atoms with Crippen molar-refractivity contribution >= 4 is 5.69 Å². The summed E-state index contributed by atoms with van der Waals surface area (Å²) in [7, 11) is 0. The Morgan fingerprint density at radius 2 is 2.14 bits per heavy atom. The maximum atomic E-state index is 12.9. The minimum atomic E-state index is -4.83. The highest BCUT2D eigenvalue weighted by molar-refractivity contribution is 5.54. The highest BCUT2D eigenvalue weighted by Gasteiger charge is 2.38. The van der Waals surface area contributed by atoms with Gasteiger partial charge in [0, 0.05) is 19.2 Å². The number of piperidine rings is 1. The van der Waals surface area contributed by atoms with Crippen molar-refractivity contribution < 1.29 is 23.2 Å². The zero-order chi connectivity index (χ0) is 16.5. The van der Waals surface area contributed by atoms with Gasteiger partial charge in [-0.15, -0.1) is 0 Å². The number of phenols is 1. The Bertz CT molecular complexity index is 575.